The zero-order valence-electron chi connectivity index (χ0n) is 17.7. The summed E-state index contributed by atoms with van der Waals surface area (Å²) in [6, 6.07) is 11.3. The first-order chi connectivity index (χ1) is 14.0. The Morgan fingerprint density at radius 1 is 1.00 bits per heavy atom. The number of methoxy groups -OCH3 is 3. The highest BCUT2D eigenvalue weighted by Gasteiger charge is 2.19. The van der Waals surface area contributed by atoms with E-state index in [0.717, 1.165) is 36.1 Å². The molecule has 2 rings (SSSR count). The van der Waals surface area contributed by atoms with Crippen LogP contribution >= 0.6 is 0 Å². The van der Waals surface area contributed by atoms with Crippen LogP contribution in [0.1, 0.15) is 17.5 Å². The van der Waals surface area contributed by atoms with Gasteiger partial charge in [-0.1, -0.05) is 12.1 Å². The van der Waals surface area contributed by atoms with Gasteiger partial charge in [-0.25, -0.2) is 0 Å². The fraction of sp³-hybridized carbons (Fsp3) is 0.348. The summed E-state index contributed by atoms with van der Waals surface area (Å²) in [5.41, 5.74) is 2.27. The summed E-state index contributed by atoms with van der Waals surface area (Å²) in [6.07, 6.45) is 3.20. The molecule has 0 amide bonds. The summed E-state index contributed by atoms with van der Waals surface area (Å²) >= 11 is 0. The number of benzene rings is 2. The second-order valence-electron chi connectivity index (χ2n) is 6.63. The van der Waals surface area contributed by atoms with Crippen molar-refractivity contribution in [1.29, 1.82) is 0 Å². The SMILES string of the molecule is COc1ccc(C(=CC=O)c2cccc(OCCCN(C)C)c2)c(OC)c1OC. The minimum atomic E-state index is 0.473. The molecule has 0 spiro atoms. The quantitative estimate of drug-likeness (QED) is 0.326. The van der Waals surface area contributed by atoms with E-state index in [9.17, 15) is 4.79 Å². The predicted octanol–water partition coefficient (Wildman–Crippen LogP) is 3.67. The second-order valence-corrected chi connectivity index (χ2v) is 6.63. The van der Waals surface area contributed by atoms with E-state index >= 15 is 0 Å². The molecule has 0 aliphatic rings. The molecule has 6 heteroatoms. The lowest BCUT2D eigenvalue weighted by Gasteiger charge is -2.18. The maximum atomic E-state index is 11.4. The van der Waals surface area contributed by atoms with Crippen LogP contribution in [-0.4, -0.2) is 59.8 Å². The van der Waals surface area contributed by atoms with Gasteiger partial charge in [0.25, 0.3) is 0 Å². The van der Waals surface area contributed by atoms with Crippen LogP contribution in [-0.2, 0) is 4.79 Å². The number of aldehydes is 1. The van der Waals surface area contributed by atoms with Crippen molar-refractivity contribution in [3.05, 3.63) is 53.6 Å². The maximum Gasteiger partial charge on any atom is 0.203 e. The molecule has 0 aliphatic carbocycles. The van der Waals surface area contributed by atoms with Gasteiger partial charge in [-0.15, -0.1) is 0 Å². The standard InChI is InChI=1S/C23H29NO5/c1-24(2)13-7-15-29-18-9-6-8-17(16-18)19(12-14-25)20-10-11-21(26-3)23(28-5)22(20)27-4/h6,8-12,14,16H,7,13,15H2,1-5H3. The zero-order valence-corrected chi connectivity index (χ0v) is 17.7. The van der Waals surface area contributed by atoms with Crippen LogP contribution < -0.4 is 18.9 Å². The van der Waals surface area contributed by atoms with Crippen molar-refractivity contribution >= 4 is 11.9 Å². The van der Waals surface area contributed by atoms with Crippen LogP contribution in [0.4, 0.5) is 0 Å². The highest BCUT2D eigenvalue weighted by atomic mass is 16.5. The molecule has 0 N–H and O–H groups in total. The molecule has 2 aromatic rings. The minimum absolute atomic E-state index is 0.473. The average molecular weight is 399 g/mol. The van der Waals surface area contributed by atoms with E-state index in [1.807, 2.05) is 44.4 Å². The Labute approximate surface area is 172 Å². The van der Waals surface area contributed by atoms with Gasteiger partial charge in [0, 0.05) is 12.1 Å². The van der Waals surface area contributed by atoms with Gasteiger partial charge in [-0.05, 0) is 62.0 Å². The molecular weight excluding hydrogens is 370 g/mol. The number of nitrogens with zero attached hydrogens (tertiary/aromatic N) is 1. The number of ether oxygens (including phenoxy) is 4. The van der Waals surface area contributed by atoms with Crippen LogP contribution in [0.2, 0.25) is 0 Å². The van der Waals surface area contributed by atoms with E-state index in [4.69, 9.17) is 18.9 Å². The molecule has 0 saturated carbocycles. The van der Waals surface area contributed by atoms with Gasteiger partial charge in [0.15, 0.2) is 11.5 Å². The molecule has 0 aromatic heterocycles. The molecule has 2 aromatic carbocycles. The summed E-state index contributed by atoms with van der Waals surface area (Å²) in [5, 5.41) is 0. The van der Waals surface area contributed by atoms with E-state index < -0.39 is 0 Å². The van der Waals surface area contributed by atoms with Crippen LogP contribution in [0, 0.1) is 0 Å². The van der Waals surface area contributed by atoms with Gasteiger partial charge in [0.2, 0.25) is 5.75 Å². The van der Waals surface area contributed by atoms with Crippen LogP contribution in [0.25, 0.3) is 5.57 Å². The first-order valence-electron chi connectivity index (χ1n) is 9.38. The molecule has 0 atom stereocenters. The lowest BCUT2D eigenvalue weighted by Crippen LogP contribution is -2.15. The van der Waals surface area contributed by atoms with E-state index in [1.54, 1.807) is 27.4 Å². The first kappa shape index (κ1) is 22.3. The highest BCUT2D eigenvalue weighted by molar-refractivity contribution is 5.92. The Bertz CT molecular complexity index is 845. The molecule has 0 unspecified atom stereocenters. The third-order valence-electron chi connectivity index (χ3n) is 4.39. The Morgan fingerprint density at radius 2 is 1.76 bits per heavy atom. The van der Waals surface area contributed by atoms with Crippen molar-refractivity contribution in [3.63, 3.8) is 0 Å². The van der Waals surface area contributed by atoms with E-state index in [0.29, 0.717) is 29.4 Å². The van der Waals surface area contributed by atoms with Gasteiger partial charge in [-0.2, -0.15) is 0 Å². The van der Waals surface area contributed by atoms with Crippen LogP contribution in [0.15, 0.2) is 42.5 Å². The first-order valence-corrected chi connectivity index (χ1v) is 9.38. The molecule has 0 bridgehead atoms. The van der Waals surface area contributed by atoms with Crippen LogP contribution in [0.3, 0.4) is 0 Å². The zero-order chi connectivity index (χ0) is 21.2. The lowest BCUT2D eigenvalue weighted by atomic mass is 9.96. The number of rotatable bonds is 11. The molecule has 0 radical (unpaired) electrons. The fourth-order valence-corrected chi connectivity index (χ4v) is 3.05. The van der Waals surface area contributed by atoms with Gasteiger partial charge < -0.3 is 23.8 Å². The molecule has 6 nitrogen and oxygen atoms in total. The largest absolute Gasteiger partial charge is 0.494 e. The Kier molecular flexibility index (Phi) is 8.55. The Morgan fingerprint density at radius 3 is 2.38 bits per heavy atom. The molecule has 0 aliphatic heterocycles. The van der Waals surface area contributed by atoms with Crippen LogP contribution in [0.5, 0.6) is 23.0 Å². The lowest BCUT2D eigenvalue weighted by molar-refractivity contribution is -0.104. The fourth-order valence-electron chi connectivity index (χ4n) is 3.05. The molecule has 29 heavy (non-hydrogen) atoms. The predicted molar refractivity (Wildman–Crippen MR) is 114 cm³/mol. The van der Waals surface area contributed by atoms with Crippen molar-refractivity contribution < 1.29 is 23.7 Å². The van der Waals surface area contributed by atoms with Gasteiger partial charge in [0.1, 0.15) is 12.0 Å². The highest BCUT2D eigenvalue weighted by Crippen LogP contribution is 2.44. The Hall–Kier alpha value is -2.99. The average Bonchev–Trinajstić information content (AvgIpc) is 2.74. The van der Waals surface area contributed by atoms with Gasteiger partial charge in [-0.3, -0.25) is 4.79 Å². The number of carbonyl (C=O) groups excluding carboxylic acids is 1. The monoisotopic (exact) mass is 399 g/mol. The van der Waals surface area contributed by atoms with Crippen molar-refractivity contribution in [1.82, 2.24) is 4.90 Å². The smallest absolute Gasteiger partial charge is 0.203 e. The van der Waals surface area contributed by atoms with Gasteiger partial charge >= 0.3 is 0 Å². The topological polar surface area (TPSA) is 57.2 Å². The maximum absolute atomic E-state index is 11.4. The summed E-state index contributed by atoms with van der Waals surface area (Å²) in [4.78, 5) is 13.5. The minimum Gasteiger partial charge on any atom is -0.494 e. The van der Waals surface area contributed by atoms with Crippen molar-refractivity contribution in [3.8, 4) is 23.0 Å². The molecular formula is C23H29NO5. The van der Waals surface area contributed by atoms with E-state index in [2.05, 4.69) is 4.90 Å². The third-order valence-corrected chi connectivity index (χ3v) is 4.39. The number of hydrogen-bond donors (Lipinski definition) is 0. The summed E-state index contributed by atoms with van der Waals surface area (Å²) in [5.74, 6) is 2.27. The number of carbonyl (C=O) groups is 1. The third kappa shape index (κ3) is 5.74. The normalized spacial score (nSPS) is 11.3. The summed E-state index contributed by atoms with van der Waals surface area (Å²) < 4.78 is 22.3. The molecule has 156 valence electrons. The number of allylic oxidation sites excluding steroid dienone is 1. The Balaban J connectivity index is 2.39. The van der Waals surface area contributed by atoms with Gasteiger partial charge in [0.05, 0.1) is 27.9 Å². The van der Waals surface area contributed by atoms with Crippen molar-refractivity contribution in [2.75, 3.05) is 48.6 Å². The van der Waals surface area contributed by atoms with E-state index in [-0.39, 0.29) is 0 Å². The molecule has 0 heterocycles. The molecule has 0 saturated heterocycles. The number of hydrogen-bond acceptors (Lipinski definition) is 6. The summed E-state index contributed by atoms with van der Waals surface area (Å²) in [6.45, 7) is 1.58. The summed E-state index contributed by atoms with van der Waals surface area (Å²) in [7, 11) is 8.75. The molecule has 0 fully saturated rings. The van der Waals surface area contributed by atoms with Crippen molar-refractivity contribution in [2.24, 2.45) is 0 Å². The van der Waals surface area contributed by atoms with Crippen molar-refractivity contribution in [2.45, 2.75) is 6.42 Å². The second kappa shape index (κ2) is 11.1. The van der Waals surface area contributed by atoms with E-state index in [1.165, 1.54) is 6.08 Å².